The number of anilines is 2. The summed E-state index contributed by atoms with van der Waals surface area (Å²) in [5.41, 5.74) is 6.69. The van der Waals surface area contributed by atoms with Crippen LogP contribution >= 0.6 is 0 Å². The molecule has 94 valence electrons. The third kappa shape index (κ3) is 3.09. The van der Waals surface area contributed by atoms with E-state index in [4.69, 9.17) is 10.5 Å². The van der Waals surface area contributed by atoms with Gasteiger partial charge in [-0.2, -0.15) is 0 Å². The van der Waals surface area contributed by atoms with E-state index in [0.29, 0.717) is 23.7 Å². The Kier molecular flexibility index (Phi) is 4.75. The second-order valence-electron chi connectivity index (χ2n) is 3.74. The minimum atomic E-state index is -0.404. The minimum absolute atomic E-state index is 0.334. The van der Waals surface area contributed by atoms with Crippen molar-refractivity contribution in [1.29, 1.82) is 0 Å². The van der Waals surface area contributed by atoms with Crippen molar-refractivity contribution in [3.05, 3.63) is 17.8 Å². The van der Waals surface area contributed by atoms with Gasteiger partial charge >= 0.3 is 5.97 Å². The van der Waals surface area contributed by atoms with Crippen LogP contribution in [0.2, 0.25) is 0 Å². The Bertz CT molecular complexity index is 393. The fraction of sp³-hybridized carbons (Fsp3) is 0.500. The quantitative estimate of drug-likeness (QED) is 0.789. The molecule has 0 aliphatic carbocycles. The molecule has 0 bridgehead atoms. The van der Waals surface area contributed by atoms with Gasteiger partial charge in [0.05, 0.1) is 17.9 Å². The van der Waals surface area contributed by atoms with Gasteiger partial charge in [0, 0.05) is 19.8 Å². The lowest BCUT2D eigenvalue weighted by molar-refractivity contribution is 0.0527. The molecule has 0 aliphatic rings. The summed E-state index contributed by atoms with van der Waals surface area (Å²) in [5, 5.41) is 0. The van der Waals surface area contributed by atoms with Crippen LogP contribution in [0.5, 0.6) is 0 Å². The van der Waals surface area contributed by atoms with Crippen LogP contribution in [0.4, 0.5) is 11.5 Å². The predicted molar refractivity (Wildman–Crippen MR) is 68.2 cm³/mol. The molecule has 1 aromatic rings. The average molecular weight is 237 g/mol. The number of nitrogen functional groups attached to an aromatic ring is 1. The molecule has 1 heterocycles. The molecule has 1 rings (SSSR count). The number of aromatic nitrogens is 1. The summed E-state index contributed by atoms with van der Waals surface area (Å²) in [7, 11) is 1.90. The van der Waals surface area contributed by atoms with Crippen molar-refractivity contribution in [2.45, 2.75) is 20.3 Å². The molecule has 0 aliphatic heterocycles. The van der Waals surface area contributed by atoms with Crippen LogP contribution in [0.15, 0.2) is 12.3 Å². The van der Waals surface area contributed by atoms with Crippen LogP contribution in [-0.4, -0.2) is 31.2 Å². The zero-order valence-electron chi connectivity index (χ0n) is 10.6. The molecule has 0 fully saturated rings. The second-order valence-corrected chi connectivity index (χ2v) is 3.74. The van der Waals surface area contributed by atoms with Gasteiger partial charge in [0.25, 0.3) is 0 Å². The molecule has 5 heteroatoms. The van der Waals surface area contributed by atoms with E-state index >= 15 is 0 Å². The SMILES string of the molecule is CCCN(C)c1nccc(C(=O)OCC)c1N. The maximum absolute atomic E-state index is 11.6. The van der Waals surface area contributed by atoms with E-state index in [0.717, 1.165) is 13.0 Å². The van der Waals surface area contributed by atoms with Crippen molar-refractivity contribution < 1.29 is 9.53 Å². The van der Waals surface area contributed by atoms with Gasteiger partial charge < -0.3 is 15.4 Å². The molecule has 2 N–H and O–H groups in total. The van der Waals surface area contributed by atoms with Gasteiger partial charge in [-0.05, 0) is 19.4 Å². The summed E-state index contributed by atoms with van der Waals surface area (Å²) in [4.78, 5) is 17.8. The first-order valence-electron chi connectivity index (χ1n) is 5.74. The second kappa shape index (κ2) is 6.08. The Labute approximate surface area is 102 Å². The summed E-state index contributed by atoms with van der Waals surface area (Å²) in [5.74, 6) is 0.218. The molecule has 0 spiro atoms. The third-order valence-electron chi connectivity index (χ3n) is 2.39. The Morgan fingerprint density at radius 2 is 2.24 bits per heavy atom. The molecule has 0 radical (unpaired) electrons. The lowest BCUT2D eigenvalue weighted by Crippen LogP contribution is -2.22. The molecule has 0 atom stereocenters. The van der Waals surface area contributed by atoms with E-state index < -0.39 is 5.97 Å². The fourth-order valence-electron chi connectivity index (χ4n) is 1.59. The first-order chi connectivity index (χ1) is 8.11. The van der Waals surface area contributed by atoms with Crippen LogP contribution in [0.1, 0.15) is 30.6 Å². The summed E-state index contributed by atoms with van der Waals surface area (Å²) in [6, 6.07) is 1.58. The monoisotopic (exact) mass is 237 g/mol. The van der Waals surface area contributed by atoms with Gasteiger partial charge in [0.2, 0.25) is 0 Å². The zero-order chi connectivity index (χ0) is 12.8. The zero-order valence-corrected chi connectivity index (χ0v) is 10.6. The molecular weight excluding hydrogens is 218 g/mol. The van der Waals surface area contributed by atoms with Gasteiger partial charge in [0.1, 0.15) is 0 Å². The molecule has 1 aromatic heterocycles. The normalized spacial score (nSPS) is 10.1. The molecule has 0 amide bonds. The average Bonchev–Trinajstić information content (AvgIpc) is 2.29. The first-order valence-corrected chi connectivity index (χ1v) is 5.74. The topological polar surface area (TPSA) is 68.5 Å². The van der Waals surface area contributed by atoms with E-state index in [-0.39, 0.29) is 0 Å². The van der Waals surface area contributed by atoms with E-state index in [1.54, 1.807) is 19.2 Å². The number of hydrogen-bond acceptors (Lipinski definition) is 5. The number of nitrogens with zero attached hydrogens (tertiary/aromatic N) is 2. The highest BCUT2D eigenvalue weighted by molar-refractivity contribution is 5.97. The maximum Gasteiger partial charge on any atom is 0.340 e. The number of pyridine rings is 1. The van der Waals surface area contributed by atoms with Gasteiger partial charge in [-0.1, -0.05) is 6.92 Å². The van der Waals surface area contributed by atoms with Gasteiger partial charge in [-0.15, -0.1) is 0 Å². The lowest BCUT2D eigenvalue weighted by Gasteiger charge is -2.19. The van der Waals surface area contributed by atoms with Gasteiger partial charge in [0.15, 0.2) is 5.82 Å². The highest BCUT2D eigenvalue weighted by atomic mass is 16.5. The molecule has 0 unspecified atom stereocenters. The predicted octanol–water partition coefficient (Wildman–Crippen LogP) is 1.69. The van der Waals surface area contributed by atoms with Crippen LogP contribution in [-0.2, 0) is 4.74 Å². The van der Waals surface area contributed by atoms with E-state index in [1.165, 1.54) is 0 Å². The maximum atomic E-state index is 11.6. The molecule has 0 saturated heterocycles. The van der Waals surface area contributed by atoms with E-state index in [9.17, 15) is 4.79 Å². The number of rotatable bonds is 5. The summed E-state index contributed by atoms with van der Waals surface area (Å²) < 4.78 is 4.94. The van der Waals surface area contributed by atoms with Gasteiger partial charge in [-0.3, -0.25) is 0 Å². The Morgan fingerprint density at radius 3 is 2.82 bits per heavy atom. The third-order valence-corrected chi connectivity index (χ3v) is 2.39. The highest BCUT2D eigenvalue weighted by Gasteiger charge is 2.16. The van der Waals surface area contributed by atoms with E-state index in [2.05, 4.69) is 11.9 Å². The highest BCUT2D eigenvalue weighted by Crippen LogP contribution is 2.23. The molecule has 17 heavy (non-hydrogen) atoms. The smallest absolute Gasteiger partial charge is 0.340 e. The molecule has 5 nitrogen and oxygen atoms in total. The molecule has 0 saturated carbocycles. The largest absolute Gasteiger partial charge is 0.462 e. The summed E-state index contributed by atoms with van der Waals surface area (Å²) >= 11 is 0. The van der Waals surface area contributed by atoms with Crippen LogP contribution < -0.4 is 10.6 Å². The Balaban J connectivity index is 3.02. The Hall–Kier alpha value is -1.78. The first kappa shape index (κ1) is 13.3. The standard InChI is InChI=1S/C12H19N3O2/c1-4-8-15(3)11-10(13)9(6-7-14-11)12(16)17-5-2/h6-7H,4-5,8,13H2,1-3H3. The van der Waals surface area contributed by atoms with Crippen molar-refractivity contribution in [2.24, 2.45) is 0 Å². The van der Waals surface area contributed by atoms with Crippen molar-refractivity contribution in [3.63, 3.8) is 0 Å². The lowest BCUT2D eigenvalue weighted by atomic mass is 10.2. The number of carbonyl (C=O) groups is 1. The number of nitrogens with two attached hydrogens (primary N) is 1. The number of hydrogen-bond donors (Lipinski definition) is 1. The number of ether oxygens (including phenoxy) is 1. The fourth-order valence-corrected chi connectivity index (χ4v) is 1.59. The molecule has 0 aromatic carbocycles. The Morgan fingerprint density at radius 1 is 1.53 bits per heavy atom. The summed E-state index contributed by atoms with van der Waals surface area (Å²) in [6.07, 6.45) is 2.56. The van der Waals surface area contributed by atoms with Crippen molar-refractivity contribution in [2.75, 3.05) is 30.8 Å². The summed E-state index contributed by atoms with van der Waals surface area (Å²) in [6.45, 7) is 5.01. The van der Waals surface area contributed by atoms with E-state index in [1.807, 2.05) is 11.9 Å². The number of carbonyl (C=O) groups excluding carboxylic acids is 1. The van der Waals surface area contributed by atoms with Crippen LogP contribution in [0, 0.1) is 0 Å². The van der Waals surface area contributed by atoms with Gasteiger partial charge in [-0.25, -0.2) is 9.78 Å². The van der Waals surface area contributed by atoms with Crippen molar-refractivity contribution in [3.8, 4) is 0 Å². The van der Waals surface area contributed by atoms with Crippen LogP contribution in [0.3, 0.4) is 0 Å². The van der Waals surface area contributed by atoms with Crippen molar-refractivity contribution >= 4 is 17.5 Å². The number of esters is 1. The van der Waals surface area contributed by atoms with Crippen LogP contribution in [0.25, 0.3) is 0 Å². The minimum Gasteiger partial charge on any atom is -0.462 e. The van der Waals surface area contributed by atoms with Crippen molar-refractivity contribution in [1.82, 2.24) is 4.98 Å². The molecular formula is C12H19N3O2.